The van der Waals surface area contributed by atoms with E-state index in [0.717, 1.165) is 74.1 Å². The van der Waals surface area contributed by atoms with Crippen LogP contribution in [-0.4, -0.2) is 64.8 Å². The van der Waals surface area contributed by atoms with E-state index in [-0.39, 0.29) is 5.60 Å². The van der Waals surface area contributed by atoms with Gasteiger partial charge in [0.1, 0.15) is 5.60 Å². The van der Waals surface area contributed by atoms with Gasteiger partial charge in [0.15, 0.2) is 0 Å². The highest BCUT2D eigenvalue weighted by molar-refractivity contribution is 5.92. The summed E-state index contributed by atoms with van der Waals surface area (Å²) < 4.78 is 17.5. The molecule has 1 unspecified atom stereocenters. The molecule has 0 radical (unpaired) electrons. The molecule has 4 rings (SSSR count). The monoisotopic (exact) mass is 676 g/mol. The van der Waals surface area contributed by atoms with Crippen LogP contribution < -0.4 is 10.2 Å². The molecule has 1 atom stereocenters. The number of anilines is 1. The summed E-state index contributed by atoms with van der Waals surface area (Å²) in [6.45, 7) is 16.8. The number of carbonyl (C=O) groups is 2. The molecule has 0 spiro atoms. The zero-order chi connectivity index (χ0) is 35.6. The molecule has 2 N–H and O–H groups in total. The number of aromatic nitrogens is 2. The molecule has 0 saturated carbocycles. The van der Waals surface area contributed by atoms with E-state index in [2.05, 4.69) is 36.1 Å². The number of carboxylic acid groups (broad SMARTS) is 1. The first-order valence-electron chi connectivity index (χ1n) is 18.1. The molecule has 49 heavy (non-hydrogen) atoms. The number of benzene rings is 1. The van der Waals surface area contributed by atoms with Crippen LogP contribution >= 0.6 is 0 Å². The summed E-state index contributed by atoms with van der Waals surface area (Å²) in [4.78, 5) is 31.4. The van der Waals surface area contributed by atoms with Crippen LogP contribution in [0.5, 0.6) is 0 Å². The third-order valence-corrected chi connectivity index (χ3v) is 9.52. The third kappa shape index (κ3) is 9.84. The molecule has 1 aliphatic carbocycles. The van der Waals surface area contributed by atoms with E-state index in [4.69, 9.17) is 19.0 Å². The minimum atomic E-state index is -0.918. The van der Waals surface area contributed by atoms with Crippen molar-refractivity contribution in [1.82, 2.24) is 15.5 Å². The van der Waals surface area contributed by atoms with Gasteiger partial charge in [-0.25, -0.2) is 9.59 Å². The average Bonchev–Trinajstić information content (AvgIpc) is 3.56. The third-order valence-electron chi connectivity index (χ3n) is 9.52. The molecule has 2 aliphatic rings. The summed E-state index contributed by atoms with van der Waals surface area (Å²) >= 11 is 0. The number of allylic oxidation sites excluding steroid dienone is 4. The fourth-order valence-corrected chi connectivity index (χ4v) is 7.19. The van der Waals surface area contributed by atoms with Gasteiger partial charge >= 0.3 is 18.1 Å². The Morgan fingerprint density at radius 2 is 1.78 bits per heavy atom. The van der Waals surface area contributed by atoms with Crippen molar-refractivity contribution < 1.29 is 28.7 Å². The first kappa shape index (κ1) is 37.9. The van der Waals surface area contributed by atoms with Crippen molar-refractivity contribution in [1.29, 1.82) is 0 Å². The second-order valence-corrected chi connectivity index (χ2v) is 14.0. The smallest absolute Gasteiger partial charge is 0.407 e. The molecule has 1 amide bonds. The number of aliphatic carboxylic acids is 1. The van der Waals surface area contributed by atoms with Gasteiger partial charge in [-0.15, -0.1) is 0 Å². The van der Waals surface area contributed by atoms with Gasteiger partial charge in [-0.1, -0.05) is 75.2 Å². The number of amides is 1. The molecule has 1 fully saturated rings. The van der Waals surface area contributed by atoms with Gasteiger partial charge in [0.25, 0.3) is 0 Å². The van der Waals surface area contributed by atoms with E-state index in [1.807, 2.05) is 64.1 Å². The molecule has 0 bridgehead atoms. The number of ether oxygens (including phenoxy) is 2. The van der Waals surface area contributed by atoms with Crippen LogP contribution in [0.2, 0.25) is 0 Å². The molecule has 268 valence electrons. The summed E-state index contributed by atoms with van der Waals surface area (Å²) in [5, 5.41) is 17.2. The fourth-order valence-electron chi connectivity index (χ4n) is 7.19. The first-order valence-corrected chi connectivity index (χ1v) is 18.1. The Hall–Kier alpha value is -3.92. The Bertz CT molecular complexity index is 1510. The van der Waals surface area contributed by atoms with Crippen molar-refractivity contribution in [2.75, 3.05) is 31.1 Å². The van der Waals surface area contributed by atoms with Crippen LogP contribution in [-0.2, 0) is 14.3 Å². The van der Waals surface area contributed by atoms with Gasteiger partial charge in [-0.2, -0.15) is 4.98 Å². The molecule has 2 heterocycles. The lowest BCUT2D eigenvalue weighted by molar-refractivity contribution is -0.132. The Kier molecular flexibility index (Phi) is 13.3. The van der Waals surface area contributed by atoms with E-state index in [1.165, 1.54) is 6.42 Å². The predicted octanol–water partition coefficient (Wildman–Crippen LogP) is 8.75. The summed E-state index contributed by atoms with van der Waals surface area (Å²) in [6.07, 6.45) is 11.1. The van der Waals surface area contributed by atoms with Crippen molar-refractivity contribution in [3.05, 3.63) is 58.7 Å². The molecular formula is C39H56N4O6. The molecule has 2 aromatic rings. The maximum absolute atomic E-state index is 12.3. The Morgan fingerprint density at radius 3 is 2.37 bits per heavy atom. The SMILES string of the molecule is CC/C=C(\CCNC(=O)OC(C)(C)C)C1=C(C(=O)O)CCC(c2ccc(-c3noc(N4CCC(OCC)(C(CC)CCC)CC4)n3)cc2)=C1. The molecule has 1 aromatic carbocycles. The zero-order valence-electron chi connectivity index (χ0n) is 30.6. The lowest BCUT2D eigenvalue weighted by Crippen LogP contribution is -2.50. The van der Waals surface area contributed by atoms with Crippen LogP contribution in [0.4, 0.5) is 10.8 Å². The summed E-state index contributed by atoms with van der Waals surface area (Å²) in [6, 6.07) is 8.58. The minimum Gasteiger partial charge on any atom is -0.478 e. The number of piperidine rings is 1. The van der Waals surface area contributed by atoms with E-state index < -0.39 is 17.7 Å². The maximum Gasteiger partial charge on any atom is 0.407 e. The Morgan fingerprint density at radius 1 is 1.08 bits per heavy atom. The molecule has 10 nitrogen and oxygen atoms in total. The number of carboxylic acids is 1. The lowest BCUT2D eigenvalue weighted by Gasteiger charge is -2.45. The van der Waals surface area contributed by atoms with Crippen LogP contribution in [0.1, 0.15) is 112 Å². The Balaban J connectivity index is 1.47. The zero-order valence-corrected chi connectivity index (χ0v) is 30.6. The van der Waals surface area contributed by atoms with Crippen molar-refractivity contribution in [3.63, 3.8) is 0 Å². The number of nitrogens with zero attached hydrogens (tertiary/aromatic N) is 3. The fraction of sp³-hybridized carbons (Fsp3) is 0.590. The van der Waals surface area contributed by atoms with Crippen LogP contribution in [0.25, 0.3) is 17.0 Å². The summed E-state index contributed by atoms with van der Waals surface area (Å²) in [5.41, 5.74) is 4.24. The standard InChI is InChI=1S/C39H56N4O6/c1-8-12-28(20-23-40-37(46)48-38(5,6)7)33-26-30(18-19-32(33)35(44)45)27-14-16-29(17-15-27)34-41-36(49-42-34)43-24-21-39(22-25-43,47-11-4)31(10-3)13-9-2/h12,14-17,26,31H,8-11,13,18-25H2,1-7H3,(H,40,46)(H,44,45)/b28-12+. The molecular weight excluding hydrogens is 620 g/mol. The summed E-state index contributed by atoms with van der Waals surface area (Å²) in [7, 11) is 0. The molecule has 1 aliphatic heterocycles. The van der Waals surface area contributed by atoms with Gasteiger partial charge in [-0.05, 0) is 101 Å². The van der Waals surface area contributed by atoms with Gasteiger partial charge in [0.2, 0.25) is 5.82 Å². The van der Waals surface area contributed by atoms with Crippen molar-refractivity contribution in [2.45, 2.75) is 117 Å². The number of hydrogen-bond donors (Lipinski definition) is 2. The molecule has 10 heteroatoms. The van der Waals surface area contributed by atoms with Crippen LogP contribution in [0, 0.1) is 5.92 Å². The summed E-state index contributed by atoms with van der Waals surface area (Å²) in [5.74, 6) is 0.171. The van der Waals surface area contributed by atoms with Crippen molar-refractivity contribution in [2.24, 2.45) is 5.92 Å². The van der Waals surface area contributed by atoms with Crippen LogP contribution in [0.15, 0.2) is 57.7 Å². The highest BCUT2D eigenvalue weighted by atomic mass is 16.6. The quantitative estimate of drug-likeness (QED) is 0.190. The maximum atomic E-state index is 12.3. The van der Waals surface area contributed by atoms with E-state index in [0.29, 0.717) is 54.7 Å². The number of hydrogen-bond acceptors (Lipinski definition) is 8. The van der Waals surface area contributed by atoms with Gasteiger partial charge in [0.05, 0.1) is 5.60 Å². The lowest BCUT2D eigenvalue weighted by atomic mass is 9.75. The number of rotatable bonds is 15. The van der Waals surface area contributed by atoms with Gasteiger partial charge in [-0.3, -0.25) is 0 Å². The normalized spacial score (nSPS) is 17.5. The highest BCUT2D eigenvalue weighted by Crippen LogP contribution is 2.40. The predicted molar refractivity (Wildman–Crippen MR) is 193 cm³/mol. The highest BCUT2D eigenvalue weighted by Gasteiger charge is 2.42. The molecule has 1 saturated heterocycles. The average molecular weight is 677 g/mol. The van der Waals surface area contributed by atoms with E-state index >= 15 is 0 Å². The van der Waals surface area contributed by atoms with Gasteiger partial charge < -0.3 is 29.3 Å². The second-order valence-electron chi connectivity index (χ2n) is 14.0. The van der Waals surface area contributed by atoms with Crippen molar-refractivity contribution in [3.8, 4) is 11.4 Å². The number of carbonyl (C=O) groups excluding carboxylic acids is 1. The van der Waals surface area contributed by atoms with Crippen LogP contribution in [0.3, 0.4) is 0 Å². The largest absolute Gasteiger partial charge is 0.478 e. The van der Waals surface area contributed by atoms with E-state index in [1.54, 1.807) is 0 Å². The van der Waals surface area contributed by atoms with Crippen molar-refractivity contribution >= 4 is 23.7 Å². The minimum absolute atomic E-state index is 0.0904. The Labute approximate surface area is 292 Å². The number of alkyl carbamates (subject to hydrolysis) is 1. The number of nitrogens with one attached hydrogen (secondary N) is 1. The molecule has 1 aromatic heterocycles. The van der Waals surface area contributed by atoms with Gasteiger partial charge in [0, 0.05) is 37.4 Å². The topological polar surface area (TPSA) is 127 Å². The second kappa shape index (κ2) is 17.1. The first-order chi connectivity index (χ1) is 23.4. The van der Waals surface area contributed by atoms with E-state index in [9.17, 15) is 14.7 Å².